The van der Waals surface area contributed by atoms with Crippen LogP contribution in [0.15, 0.2) is 102 Å². The number of aliphatic hydroxyl groups excluding tert-OH is 1. The van der Waals surface area contributed by atoms with Gasteiger partial charge in [-0.05, 0) is 168 Å². The van der Waals surface area contributed by atoms with E-state index in [1.165, 1.54) is 55.2 Å². The van der Waals surface area contributed by atoms with Crippen molar-refractivity contribution in [2.75, 3.05) is 39.9 Å². The summed E-state index contributed by atoms with van der Waals surface area (Å²) < 4.78 is 16.3. The first-order valence-electron chi connectivity index (χ1n) is 31.1. The Labute approximate surface area is 526 Å². The lowest BCUT2D eigenvalue weighted by molar-refractivity contribution is -0.153. The molecule has 0 bridgehead atoms. The minimum atomic E-state index is -1.53. The number of aliphatic hydroxyl groups is 1. The Balaban J connectivity index is 1.15. The number of hydrogen-bond donors (Lipinski definition) is 8. The van der Waals surface area contributed by atoms with E-state index in [4.69, 9.17) is 19.9 Å². The molecule has 2 aliphatic rings. The Kier molecular flexibility index (Phi) is 27.3. The number of nitrogens with two attached hydrogens (primary N) is 1. The third-order valence-electron chi connectivity index (χ3n) is 15.8. The van der Waals surface area contributed by atoms with E-state index in [2.05, 4.69) is 43.5 Å². The minimum absolute atomic E-state index is 0.0417. The molecule has 24 heteroatoms. The molecule has 0 unspecified atom stereocenters. The molecule has 0 aliphatic carbocycles. The molecule has 4 aromatic rings. The van der Waals surface area contributed by atoms with Gasteiger partial charge in [0, 0.05) is 30.1 Å². The number of nitrogens with zero attached hydrogens (tertiary/aromatic N) is 5. The zero-order chi connectivity index (χ0) is 65.3. The summed E-state index contributed by atoms with van der Waals surface area (Å²) in [5.41, 5.74) is 19.1. The van der Waals surface area contributed by atoms with Gasteiger partial charge >= 0.3 is 12.1 Å². The van der Waals surface area contributed by atoms with Gasteiger partial charge in [-0.2, -0.15) is 0 Å². The fraction of sp³-hybridized carbons (Fsp3) is 0.515. The lowest BCUT2D eigenvalue weighted by Crippen LogP contribution is -2.59. The molecule has 7 amide bonds. The summed E-state index contributed by atoms with van der Waals surface area (Å²) in [5.74, 6) is -4.00. The number of alkyl carbamates (subject to hydrolysis) is 1. The van der Waals surface area contributed by atoms with Crippen molar-refractivity contribution >= 4 is 47.5 Å². The van der Waals surface area contributed by atoms with Gasteiger partial charge in [-0.3, -0.25) is 28.8 Å². The van der Waals surface area contributed by atoms with Crippen LogP contribution in [0.5, 0.6) is 11.5 Å². The number of rotatable bonds is 32. The first-order chi connectivity index (χ1) is 43.1. The molecular formula is C66H89N11O13. The minimum Gasteiger partial charge on any atom is -0.508 e. The summed E-state index contributed by atoms with van der Waals surface area (Å²) in [7, 11) is 1.20. The van der Waals surface area contributed by atoms with E-state index in [1.54, 1.807) is 57.2 Å². The van der Waals surface area contributed by atoms with Crippen LogP contribution in [0, 0.1) is 0 Å². The largest absolute Gasteiger partial charge is 0.508 e. The predicted octanol–water partition coefficient (Wildman–Crippen LogP) is 7.13. The van der Waals surface area contributed by atoms with Crippen molar-refractivity contribution in [3.05, 3.63) is 119 Å². The standard InChI is InChI=1S/C66H89N11O13/c1-7-8-9-10-11-39-89-51-33-29-47(30-34-51)45-23-21-44(22-24-45)46-25-27-48(28-26-46)58(80)70-52(60(82)73-57(42(2)78)63(85)76-38-14-17-55(76)64(86)88-6)16-13-37-69-61(83)56-40-49(74-75-68)41-77(56)62(84)54(15-12-36-67)71-59(81)53(72-65(87)90-66(3,4)5)35-20-43-18-31-50(79)32-19-43/h18-19,21-34,42,49,52-57,78-79H,7-17,20,35-41,67H2,1-6H3,(H,69,83)(H,70,80)(H,71,81)(H,72,87)(H,73,82)/t42-,49+,52+,53+,54+,55+,56+,57+/m1/s1. The van der Waals surface area contributed by atoms with Gasteiger partial charge in [0.1, 0.15) is 53.4 Å². The zero-order valence-electron chi connectivity index (χ0n) is 52.5. The number of benzene rings is 4. The molecule has 0 aromatic heterocycles. The lowest BCUT2D eigenvalue weighted by Gasteiger charge is -2.30. The third kappa shape index (κ3) is 21.2. The number of hydrogen-bond acceptors (Lipinski definition) is 15. The third-order valence-corrected chi connectivity index (χ3v) is 15.8. The van der Waals surface area contributed by atoms with E-state index in [0.29, 0.717) is 19.4 Å². The first-order valence-corrected chi connectivity index (χ1v) is 31.1. The van der Waals surface area contributed by atoms with Crippen LogP contribution < -0.4 is 37.1 Å². The monoisotopic (exact) mass is 1240 g/mol. The number of phenolic OH excluding ortho intramolecular Hbond substituents is 1. The normalized spacial score (nSPS) is 17.1. The first kappa shape index (κ1) is 70.4. The molecule has 9 N–H and O–H groups in total. The summed E-state index contributed by atoms with van der Waals surface area (Å²) in [6, 6.07) is 20.8. The molecule has 0 radical (unpaired) electrons. The summed E-state index contributed by atoms with van der Waals surface area (Å²) in [6.07, 6.45) is 4.83. The van der Waals surface area contributed by atoms with E-state index in [-0.39, 0.29) is 82.4 Å². The highest BCUT2D eigenvalue weighted by Crippen LogP contribution is 2.28. The second kappa shape index (κ2) is 34.9. The summed E-state index contributed by atoms with van der Waals surface area (Å²) in [4.78, 5) is 116. The Morgan fingerprint density at radius 2 is 1.32 bits per heavy atom. The molecule has 24 nitrogen and oxygen atoms in total. The Morgan fingerprint density at radius 3 is 1.92 bits per heavy atom. The highest BCUT2D eigenvalue weighted by molar-refractivity contribution is 5.99. The van der Waals surface area contributed by atoms with Crippen LogP contribution >= 0.6 is 0 Å². The van der Waals surface area contributed by atoms with Crippen molar-refractivity contribution in [1.82, 2.24) is 36.4 Å². The number of aryl methyl sites for hydroxylation is 1. The van der Waals surface area contributed by atoms with Gasteiger partial charge in [-0.25, -0.2) is 9.59 Å². The molecule has 8 atom stereocenters. The predicted molar refractivity (Wildman–Crippen MR) is 338 cm³/mol. The van der Waals surface area contributed by atoms with E-state index >= 15 is 0 Å². The number of unbranched alkanes of at least 4 members (excludes halogenated alkanes) is 4. The molecule has 0 saturated carbocycles. The highest BCUT2D eigenvalue weighted by Gasteiger charge is 2.43. The van der Waals surface area contributed by atoms with Crippen LogP contribution in [0.1, 0.15) is 134 Å². The van der Waals surface area contributed by atoms with Gasteiger partial charge in [0.25, 0.3) is 5.91 Å². The molecule has 6 rings (SSSR count). The quantitative estimate of drug-likeness (QED) is 0.00793. The van der Waals surface area contributed by atoms with Crippen molar-refractivity contribution in [1.29, 1.82) is 0 Å². The Morgan fingerprint density at radius 1 is 0.722 bits per heavy atom. The molecule has 2 saturated heterocycles. The topological polar surface area (TPSA) is 346 Å². The van der Waals surface area contributed by atoms with Crippen LogP contribution in [0.2, 0.25) is 0 Å². The molecule has 0 spiro atoms. The number of esters is 1. The van der Waals surface area contributed by atoms with Crippen molar-refractivity contribution in [3.8, 4) is 33.8 Å². The second-order valence-electron chi connectivity index (χ2n) is 23.8. The van der Waals surface area contributed by atoms with Crippen molar-refractivity contribution in [2.45, 2.75) is 179 Å². The van der Waals surface area contributed by atoms with Gasteiger partial charge in [-0.1, -0.05) is 98.4 Å². The maximum Gasteiger partial charge on any atom is 0.408 e. The van der Waals surface area contributed by atoms with Crippen LogP contribution in [-0.4, -0.2) is 161 Å². The van der Waals surface area contributed by atoms with Crippen LogP contribution in [-0.2, 0) is 44.7 Å². The van der Waals surface area contributed by atoms with Crippen LogP contribution in [0.25, 0.3) is 32.7 Å². The van der Waals surface area contributed by atoms with E-state index in [9.17, 15) is 54.1 Å². The smallest absolute Gasteiger partial charge is 0.408 e. The molecule has 2 heterocycles. The maximum atomic E-state index is 14.6. The molecule has 486 valence electrons. The average Bonchev–Trinajstić information content (AvgIpc) is 1.80. The van der Waals surface area contributed by atoms with Crippen molar-refractivity contribution in [2.24, 2.45) is 10.8 Å². The SMILES string of the molecule is CCCCCCCOc1ccc(-c2ccc(-c3ccc(C(=O)N[C@@H](CCCNC(=O)[C@@H]4C[C@H](N=[N+]=[N-])CN4C(=O)[C@H](CCCN)NC(=O)[C@H](CCc4ccc(O)cc4)NC(=O)OC(C)(C)C)C(=O)N[C@H](C(=O)N4CCC[C@H]4C(=O)OC)[C@@H](C)O)cc3)cc2)cc1. The average molecular weight is 1240 g/mol. The number of azide groups is 1. The van der Waals surface area contributed by atoms with Gasteiger partial charge in [0.2, 0.25) is 29.5 Å². The second-order valence-corrected chi connectivity index (χ2v) is 23.8. The number of likely N-dealkylation sites (tertiary alicyclic amines) is 2. The summed E-state index contributed by atoms with van der Waals surface area (Å²) in [5, 5.41) is 38.1. The molecule has 4 aromatic carbocycles. The number of methoxy groups -OCH3 is 1. The number of nitrogens with one attached hydrogen (secondary N) is 5. The van der Waals surface area contributed by atoms with Gasteiger partial charge in [-0.15, -0.1) is 0 Å². The highest BCUT2D eigenvalue weighted by atomic mass is 16.6. The molecule has 90 heavy (non-hydrogen) atoms. The lowest BCUT2D eigenvalue weighted by atomic mass is 9.99. The van der Waals surface area contributed by atoms with Gasteiger partial charge in [0.15, 0.2) is 0 Å². The van der Waals surface area contributed by atoms with Gasteiger partial charge < -0.3 is 66.5 Å². The molecule has 2 aliphatic heterocycles. The van der Waals surface area contributed by atoms with E-state index < -0.39 is 102 Å². The number of aromatic hydroxyl groups is 1. The van der Waals surface area contributed by atoms with Crippen LogP contribution in [0.3, 0.4) is 0 Å². The van der Waals surface area contributed by atoms with E-state index in [0.717, 1.165) is 46.4 Å². The maximum absolute atomic E-state index is 14.6. The number of ether oxygens (including phenoxy) is 3. The van der Waals surface area contributed by atoms with Crippen LogP contribution in [0.4, 0.5) is 4.79 Å². The van der Waals surface area contributed by atoms with Crippen molar-refractivity contribution in [3.63, 3.8) is 0 Å². The Bertz CT molecular complexity index is 3080. The number of phenols is 1. The van der Waals surface area contributed by atoms with E-state index in [1.807, 2.05) is 48.5 Å². The fourth-order valence-electron chi connectivity index (χ4n) is 10.9. The fourth-order valence-corrected chi connectivity index (χ4v) is 10.9. The summed E-state index contributed by atoms with van der Waals surface area (Å²) in [6.45, 7) is 9.22. The number of carbonyl (C=O) groups excluding carboxylic acids is 8. The van der Waals surface area contributed by atoms with Gasteiger partial charge in [0.05, 0.1) is 25.9 Å². The Hall–Kier alpha value is -8.73. The molecular weight excluding hydrogens is 1150 g/mol. The number of amides is 7. The van der Waals surface area contributed by atoms with Crippen molar-refractivity contribution < 1.29 is 62.8 Å². The molecule has 2 fully saturated rings. The zero-order valence-corrected chi connectivity index (χ0v) is 52.5. The number of carbonyl (C=O) groups is 8. The summed E-state index contributed by atoms with van der Waals surface area (Å²) >= 11 is 0.